The summed E-state index contributed by atoms with van der Waals surface area (Å²) in [6.45, 7) is 0. The maximum Gasteiger partial charge on any atom is 0.227 e. The van der Waals surface area contributed by atoms with E-state index < -0.39 is 0 Å². The summed E-state index contributed by atoms with van der Waals surface area (Å²) in [4.78, 5) is 14.5. The summed E-state index contributed by atoms with van der Waals surface area (Å²) in [5.41, 5.74) is 13.7. The summed E-state index contributed by atoms with van der Waals surface area (Å²) in [6.07, 6.45) is 0.942. The molecule has 2 aliphatic heterocycles. The Bertz CT molecular complexity index is 2490. The van der Waals surface area contributed by atoms with E-state index in [0.29, 0.717) is 5.89 Å². The lowest BCUT2D eigenvalue weighted by Crippen LogP contribution is -2.18. The average molecular weight is 689 g/mol. The van der Waals surface area contributed by atoms with Gasteiger partial charge in [0.25, 0.3) is 0 Å². The molecule has 0 bridgehead atoms. The van der Waals surface area contributed by atoms with Crippen LogP contribution < -0.4 is 14.5 Å². The van der Waals surface area contributed by atoms with Crippen LogP contribution in [0.15, 0.2) is 162 Å². The van der Waals surface area contributed by atoms with Crippen molar-refractivity contribution in [2.75, 3.05) is 9.80 Å². The molecular formula is C45H28N4O2S. The molecule has 4 heterocycles. The Morgan fingerprint density at radius 2 is 1.04 bits per heavy atom. The minimum Gasteiger partial charge on any atom is -0.453 e. The van der Waals surface area contributed by atoms with Gasteiger partial charge in [-0.15, -0.1) is 11.3 Å². The van der Waals surface area contributed by atoms with Crippen LogP contribution in [0.2, 0.25) is 0 Å². The van der Waals surface area contributed by atoms with Crippen molar-refractivity contribution < 1.29 is 9.15 Å². The van der Waals surface area contributed by atoms with Gasteiger partial charge in [0.1, 0.15) is 10.5 Å². The molecule has 7 aromatic carbocycles. The van der Waals surface area contributed by atoms with E-state index in [1.807, 2.05) is 42.5 Å². The smallest absolute Gasteiger partial charge is 0.227 e. The number of fused-ring (bicyclic) bond motifs is 6. The summed E-state index contributed by atoms with van der Waals surface area (Å²) in [5.74, 6) is 2.24. The van der Waals surface area contributed by atoms with Crippen LogP contribution in [0.3, 0.4) is 0 Å². The number of para-hydroxylation sites is 6. The number of ether oxygens (including phenoxy) is 1. The molecule has 0 saturated heterocycles. The Kier molecular flexibility index (Phi) is 6.38. The van der Waals surface area contributed by atoms with E-state index in [0.717, 1.165) is 78.1 Å². The molecule has 2 aromatic heterocycles. The number of hydrogen-bond acceptors (Lipinski definition) is 7. The van der Waals surface area contributed by atoms with Gasteiger partial charge in [0.05, 0.1) is 21.6 Å². The lowest BCUT2D eigenvalue weighted by molar-refractivity contribution is 0.477. The van der Waals surface area contributed by atoms with Crippen molar-refractivity contribution in [1.82, 2.24) is 9.97 Å². The highest BCUT2D eigenvalue weighted by Crippen LogP contribution is 2.50. The van der Waals surface area contributed by atoms with Gasteiger partial charge < -0.3 is 19.0 Å². The first kappa shape index (κ1) is 29.1. The van der Waals surface area contributed by atoms with Crippen LogP contribution in [0, 0.1) is 0 Å². The Morgan fingerprint density at radius 1 is 0.500 bits per heavy atom. The zero-order valence-electron chi connectivity index (χ0n) is 27.7. The number of aromatic nitrogens is 2. The molecule has 11 rings (SSSR count). The van der Waals surface area contributed by atoms with Crippen molar-refractivity contribution >= 4 is 66.8 Å². The molecule has 0 atom stereocenters. The highest BCUT2D eigenvalue weighted by molar-refractivity contribution is 7.21. The fraction of sp³-hybridized carbons (Fsp3) is 0.0222. The van der Waals surface area contributed by atoms with Crippen LogP contribution in [0.1, 0.15) is 11.1 Å². The molecule has 0 aliphatic carbocycles. The summed E-state index contributed by atoms with van der Waals surface area (Å²) in [7, 11) is 0. The second-order valence-corrected chi connectivity index (χ2v) is 14.1. The maximum absolute atomic E-state index is 6.33. The molecule has 0 fully saturated rings. The number of rotatable bonds is 4. The van der Waals surface area contributed by atoms with Crippen LogP contribution in [-0.4, -0.2) is 9.97 Å². The Morgan fingerprint density at radius 3 is 1.67 bits per heavy atom. The Labute approximate surface area is 303 Å². The van der Waals surface area contributed by atoms with Gasteiger partial charge in [-0.2, -0.15) is 0 Å². The zero-order chi connectivity index (χ0) is 34.2. The predicted molar refractivity (Wildman–Crippen MR) is 210 cm³/mol. The van der Waals surface area contributed by atoms with E-state index >= 15 is 0 Å². The van der Waals surface area contributed by atoms with Crippen molar-refractivity contribution in [2.24, 2.45) is 0 Å². The summed E-state index contributed by atoms with van der Waals surface area (Å²) in [6, 6.07) is 54.7. The third kappa shape index (κ3) is 4.63. The molecule has 0 amide bonds. The maximum atomic E-state index is 6.33. The second kappa shape index (κ2) is 11.4. The first-order valence-corrected chi connectivity index (χ1v) is 18.1. The molecule has 246 valence electrons. The van der Waals surface area contributed by atoms with E-state index in [1.54, 1.807) is 11.3 Å². The zero-order valence-corrected chi connectivity index (χ0v) is 28.5. The highest BCUT2D eigenvalue weighted by Gasteiger charge is 2.26. The molecule has 0 N–H and O–H groups in total. The SMILES string of the molecule is c1ccc2c(c1)Cc1ccccc1N2c1ccc(-c2nc3cc4oc(-c5ccc(N6c7ccccc7Oc7ccccc76)cc5)nc4cc3s2)cc1. The van der Waals surface area contributed by atoms with Gasteiger partial charge in [-0.3, -0.25) is 0 Å². The van der Waals surface area contributed by atoms with Gasteiger partial charge in [0, 0.05) is 46.4 Å². The number of oxazole rings is 1. The van der Waals surface area contributed by atoms with Crippen LogP contribution in [0.25, 0.3) is 43.3 Å². The molecule has 0 unspecified atom stereocenters. The van der Waals surface area contributed by atoms with Gasteiger partial charge >= 0.3 is 0 Å². The van der Waals surface area contributed by atoms with Crippen molar-refractivity contribution in [3.8, 4) is 33.5 Å². The number of nitrogens with zero attached hydrogens (tertiary/aromatic N) is 4. The van der Waals surface area contributed by atoms with Crippen LogP contribution in [0.4, 0.5) is 34.1 Å². The lowest BCUT2D eigenvalue weighted by Gasteiger charge is -2.33. The first-order chi connectivity index (χ1) is 25.7. The average Bonchev–Trinajstić information content (AvgIpc) is 3.82. The van der Waals surface area contributed by atoms with Crippen molar-refractivity contribution in [2.45, 2.75) is 6.42 Å². The molecule has 6 nitrogen and oxygen atoms in total. The van der Waals surface area contributed by atoms with Crippen molar-refractivity contribution in [1.29, 1.82) is 0 Å². The van der Waals surface area contributed by atoms with E-state index in [4.69, 9.17) is 19.1 Å². The van der Waals surface area contributed by atoms with Gasteiger partial charge in [-0.25, -0.2) is 9.97 Å². The van der Waals surface area contributed by atoms with Gasteiger partial charge in [0.15, 0.2) is 17.1 Å². The molecule has 0 saturated carbocycles. The van der Waals surface area contributed by atoms with Crippen LogP contribution >= 0.6 is 11.3 Å². The van der Waals surface area contributed by atoms with Gasteiger partial charge in [-0.1, -0.05) is 60.7 Å². The third-order valence-corrected chi connectivity index (χ3v) is 11.0. The number of anilines is 6. The Hall–Kier alpha value is -6.70. The summed E-state index contributed by atoms with van der Waals surface area (Å²) >= 11 is 1.67. The fourth-order valence-corrected chi connectivity index (χ4v) is 8.44. The number of benzene rings is 7. The monoisotopic (exact) mass is 688 g/mol. The predicted octanol–water partition coefficient (Wildman–Crippen LogP) is 12.7. The molecule has 9 aromatic rings. The number of hydrogen-bond donors (Lipinski definition) is 0. The van der Waals surface area contributed by atoms with E-state index in [9.17, 15) is 0 Å². The van der Waals surface area contributed by atoms with Crippen molar-refractivity contribution in [3.63, 3.8) is 0 Å². The minimum atomic E-state index is 0.582. The third-order valence-electron chi connectivity index (χ3n) is 9.92. The topological polar surface area (TPSA) is 54.6 Å². The normalized spacial score (nSPS) is 13.0. The van der Waals surface area contributed by atoms with Gasteiger partial charge in [0.2, 0.25) is 5.89 Å². The standard InChI is InChI=1S/C45H28N4O2S/c1-3-11-36-30(9-1)25-31-10-2-4-12-37(31)48(36)32-23-19-29(20-24-32)45-47-35-26-42-34(27-43(35)52-45)46-44(51-42)28-17-21-33(22-18-28)49-38-13-5-7-15-40(38)50-41-16-8-6-14-39(41)49/h1-24,26-27H,25H2. The largest absolute Gasteiger partial charge is 0.453 e. The summed E-state index contributed by atoms with van der Waals surface area (Å²) in [5, 5.41) is 0.968. The fourth-order valence-electron chi connectivity index (χ4n) is 7.46. The van der Waals surface area contributed by atoms with Crippen molar-refractivity contribution in [3.05, 3.63) is 169 Å². The molecule has 2 aliphatic rings. The van der Waals surface area contributed by atoms with E-state index in [2.05, 4.69) is 125 Å². The molecular weight excluding hydrogens is 661 g/mol. The Balaban J connectivity index is 0.885. The minimum absolute atomic E-state index is 0.582. The van der Waals surface area contributed by atoms with Crippen LogP contribution in [0.5, 0.6) is 11.5 Å². The molecule has 7 heteroatoms. The summed E-state index contributed by atoms with van der Waals surface area (Å²) < 4.78 is 13.6. The van der Waals surface area contributed by atoms with E-state index in [-0.39, 0.29) is 0 Å². The second-order valence-electron chi connectivity index (χ2n) is 13.1. The molecule has 0 radical (unpaired) electrons. The lowest BCUT2D eigenvalue weighted by atomic mass is 9.95. The quantitative estimate of drug-likeness (QED) is 0.183. The number of thiazole rings is 1. The molecule has 52 heavy (non-hydrogen) atoms. The molecule has 0 spiro atoms. The first-order valence-electron chi connectivity index (χ1n) is 17.3. The van der Waals surface area contributed by atoms with Gasteiger partial charge in [-0.05, 0) is 102 Å². The van der Waals surface area contributed by atoms with Crippen LogP contribution in [-0.2, 0) is 6.42 Å². The highest BCUT2D eigenvalue weighted by atomic mass is 32.1. The van der Waals surface area contributed by atoms with E-state index in [1.165, 1.54) is 22.5 Å².